The number of nitrogens with one attached hydrogen (secondary N) is 2. The molecule has 2 aromatic rings. The van der Waals surface area contributed by atoms with E-state index in [0.717, 1.165) is 0 Å². The first kappa shape index (κ1) is 23.9. The molecule has 0 aromatic heterocycles. The fraction of sp³-hybridized carbons (Fsp3) is 0.238. The van der Waals surface area contributed by atoms with Crippen LogP contribution in [0, 0.1) is 0 Å². The molecule has 0 atom stereocenters. The average molecular weight is 492 g/mol. The van der Waals surface area contributed by atoms with Gasteiger partial charge in [0.2, 0.25) is 11.8 Å². The number of rotatable bonds is 10. The molecule has 2 rings (SSSR count). The monoisotopic (exact) mass is 491 g/mol. The van der Waals surface area contributed by atoms with Gasteiger partial charge in [0.05, 0.1) is 24.9 Å². The Morgan fingerprint density at radius 3 is 2.39 bits per heavy atom. The number of methoxy groups -OCH3 is 2. The number of ether oxygens (including phenoxy) is 3. The van der Waals surface area contributed by atoms with Crippen molar-refractivity contribution in [2.45, 2.75) is 12.8 Å². The zero-order chi connectivity index (χ0) is 22.6. The van der Waals surface area contributed by atoms with Gasteiger partial charge in [0.25, 0.3) is 0 Å². The molecular weight excluding hydrogens is 470 g/mol. The van der Waals surface area contributed by atoms with Gasteiger partial charge in [-0.2, -0.15) is 5.10 Å². The Morgan fingerprint density at radius 2 is 1.74 bits per heavy atom. The maximum atomic E-state index is 11.9. The number of carbonyl (C=O) groups excluding carboxylic acids is 3. The zero-order valence-corrected chi connectivity index (χ0v) is 18.6. The number of esters is 1. The number of nitrogens with zero attached hydrogens (tertiary/aromatic N) is 1. The molecule has 164 valence electrons. The van der Waals surface area contributed by atoms with E-state index in [-0.39, 0.29) is 25.4 Å². The third-order valence-corrected chi connectivity index (χ3v) is 4.50. The molecule has 0 unspecified atom stereocenters. The van der Waals surface area contributed by atoms with E-state index in [1.807, 2.05) is 0 Å². The minimum Gasteiger partial charge on any atom is -0.497 e. The van der Waals surface area contributed by atoms with Crippen LogP contribution in [0.3, 0.4) is 0 Å². The van der Waals surface area contributed by atoms with Crippen molar-refractivity contribution in [3.8, 4) is 11.5 Å². The number of hydrogen-bond donors (Lipinski definition) is 2. The standard InChI is InChI=1S/C21H22BrN3O6/c1-29-16-6-4-15(5-7-16)24-19(26)9-10-20(27)25-23-12-14-3-8-18(17(22)11-14)31-13-21(28)30-2/h3-8,11-12H,9-10,13H2,1-2H3,(H,24,26)(H,25,27). The molecule has 2 N–H and O–H groups in total. The lowest BCUT2D eigenvalue weighted by molar-refractivity contribution is -0.142. The van der Waals surface area contributed by atoms with Crippen LogP contribution in [0.15, 0.2) is 52.0 Å². The first-order valence-corrected chi connectivity index (χ1v) is 9.95. The van der Waals surface area contributed by atoms with Gasteiger partial charge in [-0.3, -0.25) is 9.59 Å². The van der Waals surface area contributed by atoms with Crippen LogP contribution < -0.4 is 20.2 Å². The number of carbonyl (C=O) groups is 3. The lowest BCUT2D eigenvalue weighted by Gasteiger charge is -2.07. The number of anilines is 1. The summed E-state index contributed by atoms with van der Waals surface area (Å²) in [5.41, 5.74) is 3.68. The van der Waals surface area contributed by atoms with Crippen LogP contribution in [-0.4, -0.2) is 44.8 Å². The lowest BCUT2D eigenvalue weighted by atomic mass is 10.2. The Morgan fingerprint density at radius 1 is 1.03 bits per heavy atom. The smallest absolute Gasteiger partial charge is 0.343 e. The van der Waals surface area contributed by atoms with Crippen LogP contribution in [-0.2, 0) is 19.1 Å². The van der Waals surface area contributed by atoms with Crippen molar-refractivity contribution in [1.29, 1.82) is 0 Å². The number of halogens is 1. The van der Waals surface area contributed by atoms with E-state index in [9.17, 15) is 14.4 Å². The normalized spacial score (nSPS) is 10.4. The molecule has 0 saturated heterocycles. The maximum Gasteiger partial charge on any atom is 0.343 e. The Balaban J connectivity index is 1.75. The molecule has 0 fully saturated rings. The van der Waals surface area contributed by atoms with E-state index < -0.39 is 11.9 Å². The fourth-order valence-electron chi connectivity index (χ4n) is 2.27. The second-order valence-electron chi connectivity index (χ2n) is 6.12. The molecule has 9 nitrogen and oxygen atoms in total. The molecule has 0 aliphatic rings. The molecule has 0 bridgehead atoms. The molecule has 31 heavy (non-hydrogen) atoms. The predicted octanol–water partition coefficient (Wildman–Crippen LogP) is 2.88. The van der Waals surface area contributed by atoms with Gasteiger partial charge in [-0.15, -0.1) is 0 Å². The molecule has 2 aromatic carbocycles. The van der Waals surface area contributed by atoms with Crippen molar-refractivity contribution in [3.05, 3.63) is 52.5 Å². The summed E-state index contributed by atoms with van der Waals surface area (Å²) >= 11 is 3.34. The minimum atomic E-state index is -0.488. The van der Waals surface area contributed by atoms with Gasteiger partial charge in [-0.05, 0) is 64.0 Å². The fourth-order valence-corrected chi connectivity index (χ4v) is 2.78. The molecule has 0 aliphatic heterocycles. The number of amides is 2. The second-order valence-corrected chi connectivity index (χ2v) is 6.98. The first-order chi connectivity index (χ1) is 14.9. The summed E-state index contributed by atoms with van der Waals surface area (Å²) in [5, 5.41) is 6.58. The van der Waals surface area contributed by atoms with Crippen LogP contribution in [0.2, 0.25) is 0 Å². The van der Waals surface area contributed by atoms with Crippen molar-refractivity contribution in [3.63, 3.8) is 0 Å². The van der Waals surface area contributed by atoms with Crippen LogP contribution in [0.1, 0.15) is 18.4 Å². The van der Waals surface area contributed by atoms with Gasteiger partial charge in [0.1, 0.15) is 11.5 Å². The van der Waals surface area contributed by atoms with Gasteiger partial charge >= 0.3 is 5.97 Å². The van der Waals surface area contributed by atoms with Crippen molar-refractivity contribution in [2.75, 3.05) is 26.1 Å². The quantitative estimate of drug-likeness (QED) is 0.300. The van der Waals surface area contributed by atoms with Crippen LogP contribution in [0.25, 0.3) is 0 Å². The van der Waals surface area contributed by atoms with Crippen LogP contribution in [0.4, 0.5) is 5.69 Å². The molecule has 0 heterocycles. The summed E-state index contributed by atoms with van der Waals surface area (Å²) < 4.78 is 15.5. The van der Waals surface area contributed by atoms with Gasteiger partial charge in [-0.1, -0.05) is 0 Å². The summed E-state index contributed by atoms with van der Waals surface area (Å²) in [7, 11) is 2.84. The van der Waals surface area contributed by atoms with Crippen molar-refractivity contribution in [2.24, 2.45) is 5.10 Å². The molecule has 0 spiro atoms. The predicted molar refractivity (Wildman–Crippen MR) is 118 cm³/mol. The Hall–Kier alpha value is -3.40. The highest BCUT2D eigenvalue weighted by Gasteiger charge is 2.08. The second kappa shape index (κ2) is 12.3. The number of benzene rings is 2. The minimum absolute atomic E-state index is 0.0106. The third kappa shape index (κ3) is 8.47. The van der Waals surface area contributed by atoms with Crippen LogP contribution >= 0.6 is 15.9 Å². The molecule has 0 saturated carbocycles. The van der Waals surface area contributed by atoms with Gasteiger partial charge < -0.3 is 19.5 Å². The summed E-state index contributed by atoms with van der Waals surface area (Å²) in [5.74, 6) is -0.00739. The Kier molecular flexibility index (Phi) is 9.50. The Bertz CT molecular complexity index is 947. The van der Waals surface area contributed by atoms with Gasteiger partial charge in [0.15, 0.2) is 6.61 Å². The maximum absolute atomic E-state index is 11.9. The molecule has 0 aliphatic carbocycles. The summed E-state index contributed by atoms with van der Waals surface area (Å²) in [4.78, 5) is 34.9. The molecule has 0 radical (unpaired) electrons. The van der Waals surface area contributed by atoms with E-state index in [1.165, 1.54) is 13.3 Å². The highest BCUT2D eigenvalue weighted by Crippen LogP contribution is 2.25. The molecule has 2 amide bonds. The number of hydrogen-bond acceptors (Lipinski definition) is 7. The number of hydrazone groups is 1. The van der Waals surface area contributed by atoms with E-state index in [0.29, 0.717) is 27.2 Å². The third-order valence-electron chi connectivity index (χ3n) is 3.88. The van der Waals surface area contributed by atoms with E-state index >= 15 is 0 Å². The topological polar surface area (TPSA) is 115 Å². The lowest BCUT2D eigenvalue weighted by Crippen LogP contribution is -2.20. The molecule has 10 heteroatoms. The summed E-state index contributed by atoms with van der Waals surface area (Å²) in [6.45, 7) is -0.204. The van der Waals surface area contributed by atoms with Crippen molar-refractivity contribution < 1.29 is 28.6 Å². The Labute approximate surface area is 187 Å². The summed E-state index contributed by atoms with van der Waals surface area (Å²) in [6, 6.07) is 12.0. The summed E-state index contributed by atoms with van der Waals surface area (Å²) in [6.07, 6.45) is 1.46. The highest BCUT2D eigenvalue weighted by atomic mass is 79.9. The highest BCUT2D eigenvalue weighted by molar-refractivity contribution is 9.10. The zero-order valence-electron chi connectivity index (χ0n) is 17.0. The van der Waals surface area contributed by atoms with E-state index in [4.69, 9.17) is 9.47 Å². The van der Waals surface area contributed by atoms with Gasteiger partial charge in [-0.25, -0.2) is 10.2 Å². The largest absolute Gasteiger partial charge is 0.497 e. The van der Waals surface area contributed by atoms with Crippen molar-refractivity contribution in [1.82, 2.24) is 5.43 Å². The SMILES string of the molecule is COC(=O)COc1ccc(C=NNC(=O)CCC(=O)Nc2ccc(OC)cc2)cc1Br. The first-order valence-electron chi connectivity index (χ1n) is 9.16. The van der Waals surface area contributed by atoms with E-state index in [1.54, 1.807) is 49.6 Å². The van der Waals surface area contributed by atoms with Crippen LogP contribution in [0.5, 0.6) is 11.5 Å². The van der Waals surface area contributed by atoms with E-state index in [2.05, 4.69) is 36.5 Å². The van der Waals surface area contributed by atoms with Gasteiger partial charge in [0, 0.05) is 18.5 Å². The average Bonchev–Trinajstić information content (AvgIpc) is 2.77. The van der Waals surface area contributed by atoms with Crippen molar-refractivity contribution >= 4 is 45.6 Å². The molecular formula is C21H22BrN3O6.